The van der Waals surface area contributed by atoms with E-state index in [0.29, 0.717) is 6.54 Å². The van der Waals surface area contributed by atoms with Crippen LogP contribution < -0.4 is 0 Å². The maximum Gasteiger partial charge on any atom is 0.174 e. The van der Waals surface area contributed by atoms with Crippen molar-refractivity contribution < 1.29 is 5.11 Å². The van der Waals surface area contributed by atoms with Crippen LogP contribution in [0.3, 0.4) is 0 Å². The van der Waals surface area contributed by atoms with Crippen molar-refractivity contribution in [2.75, 3.05) is 0 Å². The molecule has 1 N–H and O–H groups in total. The van der Waals surface area contributed by atoms with Crippen LogP contribution in [0.5, 0.6) is 0 Å². The summed E-state index contributed by atoms with van der Waals surface area (Å²) < 4.78 is 2.72. The van der Waals surface area contributed by atoms with E-state index in [1.165, 1.54) is 11.3 Å². The summed E-state index contributed by atoms with van der Waals surface area (Å²) in [4.78, 5) is 0.998. The molecule has 0 saturated carbocycles. The summed E-state index contributed by atoms with van der Waals surface area (Å²) in [6.07, 6.45) is 1.26. The van der Waals surface area contributed by atoms with Crippen molar-refractivity contribution in [3.05, 3.63) is 22.3 Å². The van der Waals surface area contributed by atoms with E-state index in [4.69, 9.17) is 11.6 Å². The third-order valence-corrected chi connectivity index (χ3v) is 3.94. The second kappa shape index (κ2) is 3.84. The molecule has 0 amide bonds. The van der Waals surface area contributed by atoms with Gasteiger partial charge in [0.05, 0.1) is 21.9 Å². The summed E-state index contributed by atoms with van der Waals surface area (Å²) in [7, 11) is 0. The van der Waals surface area contributed by atoms with Gasteiger partial charge in [-0.05, 0) is 18.6 Å². The van der Waals surface area contributed by atoms with Gasteiger partial charge in [-0.1, -0.05) is 11.6 Å². The van der Waals surface area contributed by atoms with Gasteiger partial charge in [0.2, 0.25) is 0 Å². The van der Waals surface area contributed by atoms with Crippen molar-refractivity contribution in [3.63, 3.8) is 0 Å². The summed E-state index contributed by atoms with van der Waals surface area (Å²) in [5.41, 5.74) is 0. The second-order valence-corrected chi connectivity index (χ2v) is 5.56. The Kier molecular flexibility index (Phi) is 2.46. The molecule has 2 aromatic rings. The van der Waals surface area contributed by atoms with Crippen molar-refractivity contribution in [2.45, 2.75) is 25.5 Å². The Morgan fingerprint density at radius 3 is 3.06 bits per heavy atom. The quantitative estimate of drug-likeness (QED) is 0.848. The van der Waals surface area contributed by atoms with Gasteiger partial charge in [-0.2, -0.15) is 0 Å². The predicted molar refractivity (Wildman–Crippen MR) is 62.7 cm³/mol. The van der Waals surface area contributed by atoms with Crippen LogP contribution in [0, 0.1) is 0 Å². The number of aryl methyl sites for hydroxylation is 1. The van der Waals surface area contributed by atoms with Crippen molar-refractivity contribution in [2.24, 2.45) is 0 Å². The van der Waals surface area contributed by atoms with Crippen molar-refractivity contribution in [1.29, 1.82) is 0 Å². The Bertz CT molecular complexity index is 522. The highest BCUT2D eigenvalue weighted by Gasteiger charge is 2.22. The predicted octanol–water partition coefficient (Wildman–Crippen LogP) is 1.97. The Morgan fingerprint density at radius 1 is 1.44 bits per heavy atom. The molecule has 2 aromatic heterocycles. The van der Waals surface area contributed by atoms with E-state index in [1.807, 2.05) is 16.7 Å². The lowest BCUT2D eigenvalue weighted by atomic mass is 10.1. The molecule has 0 saturated heterocycles. The van der Waals surface area contributed by atoms with Gasteiger partial charge in [0.25, 0.3) is 0 Å². The largest absolute Gasteiger partial charge is 0.391 e. The van der Waals surface area contributed by atoms with E-state index in [9.17, 15) is 5.11 Å². The van der Waals surface area contributed by atoms with Crippen LogP contribution >= 0.6 is 22.9 Å². The van der Waals surface area contributed by atoms with E-state index >= 15 is 0 Å². The zero-order chi connectivity index (χ0) is 11.1. The van der Waals surface area contributed by atoms with Crippen LogP contribution in [0.4, 0.5) is 0 Å². The first-order chi connectivity index (χ1) is 7.74. The van der Waals surface area contributed by atoms with Crippen molar-refractivity contribution in [3.8, 4) is 10.7 Å². The molecule has 0 spiro atoms. The molecular formula is C10H10ClN3OS. The van der Waals surface area contributed by atoms with Crippen LogP contribution in [0.25, 0.3) is 10.7 Å². The van der Waals surface area contributed by atoms with E-state index in [2.05, 4.69) is 10.2 Å². The molecule has 6 heteroatoms. The lowest BCUT2D eigenvalue weighted by molar-refractivity contribution is 0.131. The van der Waals surface area contributed by atoms with Gasteiger partial charge in [0.1, 0.15) is 5.82 Å². The zero-order valence-electron chi connectivity index (χ0n) is 8.43. The van der Waals surface area contributed by atoms with E-state index < -0.39 is 0 Å². The first-order valence-electron chi connectivity index (χ1n) is 5.10. The minimum atomic E-state index is -0.294. The van der Waals surface area contributed by atoms with Gasteiger partial charge in [-0.15, -0.1) is 21.5 Å². The summed E-state index contributed by atoms with van der Waals surface area (Å²) in [5, 5.41) is 18.0. The minimum absolute atomic E-state index is 0.294. The number of nitrogens with zero attached hydrogens (tertiary/aromatic N) is 3. The van der Waals surface area contributed by atoms with Gasteiger partial charge in [-0.3, -0.25) is 0 Å². The number of fused-ring (bicyclic) bond motifs is 1. The van der Waals surface area contributed by atoms with Gasteiger partial charge in [-0.25, -0.2) is 0 Å². The maximum atomic E-state index is 9.65. The highest BCUT2D eigenvalue weighted by Crippen LogP contribution is 2.31. The molecule has 0 aliphatic carbocycles. The molecule has 0 bridgehead atoms. The highest BCUT2D eigenvalue weighted by atomic mass is 35.5. The lowest BCUT2D eigenvalue weighted by Crippen LogP contribution is -2.24. The molecule has 1 aliphatic rings. The fourth-order valence-electron chi connectivity index (χ4n) is 1.93. The van der Waals surface area contributed by atoms with E-state index in [-0.39, 0.29) is 6.10 Å². The molecular weight excluding hydrogens is 246 g/mol. The van der Waals surface area contributed by atoms with E-state index in [1.54, 1.807) is 0 Å². The Morgan fingerprint density at radius 2 is 2.31 bits per heavy atom. The summed E-state index contributed by atoms with van der Waals surface area (Å²) in [6, 6.07) is 3.79. The second-order valence-electron chi connectivity index (χ2n) is 3.85. The van der Waals surface area contributed by atoms with Gasteiger partial charge in [0, 0.05) is 6.42 Å². The molecule has 1 atom stereocenters. The number of halogens is 1. The molecule has 0 radical (unpaired) electrons. The average molecular weight is 256 g/mol. The third-order valence-electron chi connectivity index (χ3n) is 2.72. The number of aliphatic hydroxyl groups excluding tert-OH is 1. The summed E-state index contributed by atoms with van der Waals surface area (Å²) in [5.74, 6) is 1.76. The molecule has 84 valence electrons. The number of hydrogen-bond donors (Lipinski definition) is 1. The summed E-state index contributed by atoms with van der Waals surface area (Å²) >= 11 is 7.38. The monoisotopic (exact) mass is 255 g/mol. The molecule has 3 heterocycles. The average Bonchev–Trinajstić information content (AvgIpc) is 2.83. The van der Waals surface area contributed by atoms with Gasteiger partial charge < -0.3 is 9.67 Å². The molecule has 16 heavy (non-hydrogen) atoms. The molecule has 4 nitrogen and oxygen atoms in total. The number of hydrogen-bond acceptors (Lipinski definition) is 4. The third kappa shape index (κ3) is 1.65. The van der Waals surface area contributed by atoms with Crippen LogP contribution in [-0.2, 0) is 13.0 Å². The highest BCUT2D eigenvalue weighted by molar-refractivity contribution is 7.19. The Labute approximate surface area is 102 Å². The first-order valence-corrected chi connectivity index (χ1v) is 6.29. The molecule has 1 unspecified atom stereocenters. The lowest BCUT2D eigenvalue weighted by Gasteiger charge is -2.19. The maximum absolute atomic E-state index is 9.65. The van der Waals surface area contributed by atoms with Gasteiger partial charge in [0.15, 0.2) is 5.82 Å². The minimum Gasteiger partial charge on any atom is -0.391 e. The molecule has 3 rings (SSSR count). The number of aromatic nitrogens is 3. The normalized spacial score (nSPS) is 19.8. The Balaban J connectivity index is 2.06. The summed E-state index contributed by atoms with van der Waals surface area (Å²) in [6.45, 7) is 0.577. The Hall–Kier alpha value is -0.910. The fourth-order valence-corrected chi connectivity index (χ4v) is 2.96. The van der Waals surface area contributed by atoms with Crippen LogP contribution in [0.15, 0.2) is 12.1 Å². The van der Waals surface area contributed by atoms with Crippen LogP contribution in [0.1, 0.15) is 12.2 Å². The van der Waals surface area contributed by atoms with Crippen LogP contribution in [0.2, 0.25) is 4.34 Å². The van der Waals surface area contributed by atoms with Gasteiger partial charge >= 0.3 is 0 Å². The zero-order valence-corrected chi connectivity index (χ0v) is 10.0. The standard InChI is InChI=1S/C10H10ClN3OS/c11-8-3-2-7(16-8)10-13-12-9-4-1-6(15)5-14(9)10/h2-3,6,15H,1,4-5H2. The number of thiophene rings is 1. The van der Waals surface area contributed by atoms with Crippen LogP contribution in [-0.4, -0.2) is 26.0 Å². The van der Waals surface area contributed by atoms with Crippen molar-refractivity contribution >= 4 is 22.9 Å². The molecule has 1 aliphatic heterocycles. The first kappa shape index (κ1) is 10.3. The van der Waals surface area contributed by atoms with Crippen molar-refractivity contribution in [1.82, 2.24) is 14.8 Å². The number of aliphatic hydroxyl groups is 1. The SMILES string of the molecule is OC1CCc2nnc(-c3ccc(Cl)s3)n2C1. The fraction of sp³-hybridized carbons (Fsp3) is 0.400. The number of rotatable bonds is 1. The molecule has 0 fully saturated rings. The smallest absolute Gasteiger partial charge is 0.174 e. The molecule has 0 aromatic carbocycles. The van der Waals surface area contributed by atoms with E-state index in [0.717, 1.165) is 33.7 Å². The topological polar surface area (TPSA) is 50.9 Å².